The van der Waals surface area contributed by atoms with E-state index in [0.717, 1.165) is 42.7 Å². The third kappa shape index (κ3) is 8.47. The summed E-state index contributed by atoms with van der Waals surface area (Å²) < 4.78 is 5.13. The second kappa shape index (κ2) is 14.8. The highest BCUT2D eigenvalue weighted by atomic mass is 35.5. The lowest BCUT2D eigenvalue weighted by Gasteiger charge is -2.26. The van der Waals surface area contributed by atoms with Crippen molar-refractivity contribution >= 4 is 46.7 Å². The number of alkyl halides is 1. The normalized spacial score (nSPS) is 10.2. The number of nitrogens with zero attached hydrogens (tertiary/aromatic N) is 4. The van der Waals surface area contributed by atoms with Gasteiger partial charge in [-0.3, -0.25) is 9.69 Å². The first-order valence-corrected chi connectivity index (χ1v) is 11.2. The summed E-state index contributed by atoms with van der Waals surface area (Å²) in [7, 11) is 1.58. The van der Waals surface area contributed by atoms with Gasteiger partial charge in [0.25, 0.3) is 0 Å². The number of halogens is 2. The van der Waals surface area contributed by atoms with Crippen molar-refractivity contribution in [1.29, 1.82) is 0 Å². The molecular weight excluding hydrogens is 439 g/mol. The highest BCUT2D eigenvalue weighted by Crippen LogP contribution is 2.27. The largest absolute Gasteiger partial charge is 0.364 e. The van der Waals surface area contributed by atoms with E-state index in [2.05, 4.69) is 39.4 Å². The van der Waals surface area contributed by atoms with E-state index < -0.39 is 0 Å². The smallest absolute Gasteiger partial charge is 0.243 e. The number of hydrogen-bond donors (Lipinski definition) is 2. The van der Waals surface area contributed by atoms with Crippen LogP contribution in [-0.2, 0) is 22.4 Å². The van der Waals surface area contributed by atoms with Gasteiger partial charge in [0, 0.05) is 20.2 Å². The zero-order valence-corrected chi connectivity index (χ0v) is 20.3. The molecule has 2 N–H and O–H groups in total. The van der Waals surface area contributed by atoms with Gasteiger partial charge >= 0.3 is 0 Å². The van der Waals surface area contributed by atoms with Crippen molar-refractivity contribution in [1.82, 2.24) is 15.0 Å². The Balaban J connectivity index is 0.000000327. The minimum atomic E-state index is -0.130. The van der Waals surface area contributed by atoms with Crippen LogP contribution in [0.15, 0.2) is 18.2 Å². The van der Waals surface area contributed by atoms with Crippen LogP contribution in [0, 0.1) is 0 Å². The monoisotopic (exact) mass is 470 g/mol. The number of carbonyl (C=O) groups is 1. The molecule has 8 nitrogen and oxygen atoms in total. The highest BCUT2D eigenvalue weighted by Gasteiger charge is 2.19. The Hall–Kier alpha value is -2.16. The predicted molar refractivity (Wildman–Crippen MR) is 128 cm³/mol. The van der Waals surface area contributed by atoms with Gasteiger partial charge in [0.1, 0.15) is 12.6 Å². The minimum absolute atomic E-state index is 0.0371. The molecule has 0 saturated carbocycles. The summed E-state index contributed by atoms with van der Waals surface area (Å²) in [5.74, 6) is 0.830. The zero-order valence-electron chi connectivity index (χ0n) is 18.8. The van der Waals surface area contributed by atoms with Crippen LogP contribution in [0.5, 0.6) is 0 Å². The Morgan fingerprint density at radius 3 is 1.90 bits per heavy atom. The molecule has 0 spiro atoms. The number of hydrogen-bond acceptors (Lipinski definition) is 7. The molecule has 172 valence electrons. The summed E-state index contributed by atoms with van der Waals surface area (Å²) in [5.41, 5.74) is 3.24. The number of amides is 1. The SMILES string of the molecule is CCNc1nc(Cl)nc(NCC)n1.CCc1cccc(CC)c1N(COC)C(=O)CCl. The van der Waals surface area contributed by atoms with Crippen LogP contribution in [0.25, 0.3) is 0 Å². The van der Waals surface area contributed by atoms with Crippen molar-refractivity contribution in [2.75, 3.05) is 48.3 Å². The molecule has 0 aliphatic heterocycles. The molecule has 1 aromatic heterocycles. The Kier molecular flexibility index (Phi) is 12.8. The van der Waals surface area contributed by atoms with E-state index in [1.54, 1.807) is 12.0 Å². The molecule has 0 saturated heterocycles. The molecule has 2 rings (SSSR count). The van der Waals surface area contributed by atoms with Gasteiger partial charge in [-0.25, -0.2) is 0 Å². The van der Waals surface area contributed by atoms with Gasteiger partial charge in [-0.2, -0.15) is 15.0 Å². The number of rotatable bonds is 10. The average molecular weight is 471 g/mol. The van der Waals surface area contributed by atoms with Gasteiger partial charge in [-0.1, -0.05) is 32.0 Å². The molecule has 0 fully saturated rings. The lowest BCUT2D eigenvalue weighted by atomic mass is 10.0. The third-order valence-corrected chi connectivity index (χ3v) is 4.58. The summed E-state index contributed by atoms with van der Waals surface area (Å²) in [6.07, 6.45) is 1.75. The molecule has 0 radical (unpaired) electrons. The van der Waals surface area contributed by atoms with Crippen molar-refractivity contribution in [3.8, 4) is 0 Å². The number of carbonyl (C=O) groups excluding carboxylic acids is 1. The zero-order chi connectivity index (χ0) is 23.2. The number of methoxy groups -OCH3 is 1. The van der Waals surface area contributed by atoms with E-state index in [1.807, 2.05) is 32.0 Å². The van der Waals surface area contributed by atoms with Gasteiger partial charge < -0.3 is 15.4 Å². The number of aryl methyl sites for hydroxylation is 2. The molecule has 0 aliphatic carbocycles. The molecule has 1 aromatic carbocycles. The van der Waals surface area contributed by atoms with Gasteiger partial charge in [0.05, 0.1) is 5.69 Å². The lowest BCUT2D eigenvalue weighted by molar-refractivity contribution is -0.117. The number of nitrogens with one attached hydrogen (secondary N) is 2. The first-order valence-electron chi connectivity index (χ1n) is 10.3. The molecule has 2 aromatic rings. The van der Waals surface area contributed by atoms with Crippen LogP contribution in [-0.4, -0.2) is 53.7 Å². The summed E-state index contributed by atoms with van der Waals surface area (Å²) in [5, 5.41) is 6.12. The van der Waals surface area contributed by atoms with E-state index in [-0.39, 0.29) is 23.8 Å². The Labute approximate surface area is 194 Å². The fourth-order valence-corrected chi connectivity index (χ4v) is 3.15. The fraction of sp³-hybridized carbons (Fsp3) is 0.524. The molecular formula is C21H32Cl2N6O2. The average Bonchev–Trinajstić information content (AvgIpc) is 2.77. The Morgan fingerprint density at radius 2 is 1.52 bits per heavy atom. The third-order valence-electron chi connectivity index (χ3n) is 4.19. The van der Waals surface area contributed by atoms with E-state index in [9.17, 15) is 4.79 Å². The molecule has 0 unspecified atom stereocenters. The summed E-state index contributed by atoms with van der Waals surface area (Å²) in [4.78, 5) is 25.5. The summed E-state index contributed by atoms with van der Waals surface area (Å²) >= 11 is 11.4. The predicted octanol–water partition coefficient (Wildman–Crippen LogP) is 4.38. The molecule has 0 aliphatic rings. The van der Waals surface area contributed by atoms with Crippen LogP contribution in [0.3, 0.4) is 0 Å². The van der Waals surface area contributed by atoms with Crippen LogP contribution >= 0.6 is 23.2 Å². The number of ether oxygens (including phenoxy) is 1. The maximum absolute atomic E-state index is 12.0. The molecule has 1 amide bonds. The maximum atomic E-state index is 12.0. The second-order valence-corrected chi connectivity index (χ2v) is 6.92. The van der Waals surface area contributed by atoms with Crippen molar-refractivity contribution in [3.05, 3.63) is 34.6 Å². The number of aromatic nitrogens is 3. The first kappa shape index (κ1) is 26.9. The highest BCUT2D eigenvalue weighted by molar-refractivity contribution is 6.29. The van der Waals surface area contributed by atoms with E-state index in [4.69, 9.17) is 27.9 Å². The van der Waals surface area contributed by atoms with E-state index in [0.29, 0.717) is 11.9 Å². The van der Waals surface area contributed by atoms with Gasteiger partial charge in [-0.05, 0) is 49.4 Å². The van der Waals surface area contributed by atoms with Crippen LogP contribution in [0.2, 0.25) is 5.28 Å². The summed E-state index contributed by atoms with van der Waals surface area (Å²) in [6, 6.07) is 6.11. The molecule has 31 heavy (non-hydrogen) atoms. The summed E-state index contributed by atoms with van der Waals surface area (Å²) in [6.45, 7) is 9.82. The maximum Gasteiger partial charge on any atom is 0.243 e. The second-order valence-electron chi connectivity index (χ2n) is 6.32. The number of benzene rings is 1. The molecule has 1 heterocycles. The van der Waals surface area contributed by atoms with Crippen LogP contribution in [0.4, 0.5) is 17.6 Å². The topological polar surface area (TPSA) is 92.3 Å². The molecule has 0 atom stereocenters. The fourth-order valence-electron chi connectivity index (χ4n) is 2.85. The van der Waals surface area contributed by atoms with Crippen molar-refractivity contribution in [3.63, 3.8) is 0 Å². The standard InChI is InChI=1S/C14H20ClNO2.C7H12ClN5/c1-4-11-7-6-8-12(5-2)14(11)16(10-18-3)13(17)9-15;1-3-9-6-11-5(8)12-7(13-6)10-4-2/h6-8H,4-5,9-10H2,1-3H3;3-4H2,1-2H3,(H2,9,10,11,12,13). The number of para-hydroxylation sites is 1. The Morgan fingerprint density at radius 1 is 1.00 bits per heavy atom. The van der Waals surface area contributed by atoms with Crippen LogP contribution in [0.1, 0.15) is 38.8 Å². The minimum Gasteiger partial charge on any atom is -0.364 e. The van der Waals surface area contributed by atoms with Crippen molar-refractivity contribution < 1.29 is 9.53 Å². The van der Waals surface area contributed by atoms with Gasteiger partial charge in [0.2, 0.25) is 23.1 Å². The van der Waals surface area contributed by atoms with Gasteiger partial charge in [-0.15, -0.1) is 11.6 Å². The molecule has 10 heteroatoms. The quantitative estimate of drug-likeness (QED) is 0.393. The van der Waals surface area contributed by atoms with Crippen molar-refractivity contribution in [2.45, 2.75) is 40.5 Å². The molecule has 0 bridgehead atoms. The van der Waals surface area contributed by atoms with Gasteiger partial charge in [0.15, 0.2) is 0 Å². The van der Waals surface area contributed by atoms with E-state index in [1.165, 1.54) is 0 Å². The first-order chi connectivity index (χ1) is 14.9. The van der Waals surface area contributed by atoms with E-state index >= 15 is 0 Å². The number of anilines is 3. The van der Waals surface area contributed by atoms with Crippen LogP contribution < -0.4 is 15.5 Å². The van der Waals surface area contributed by atoms with Crippen molar-refractivity contribution in [2.24, 2.45) is 0 Å². The lowest BCUT2D eigenvalue weighted by Crippen LogP contribution is -2.35. The Bertz CT molecular complexity index is 776.